The number of hydrogen-bond donors (Lipinski definition) is 1. The Kier molecular flexibility index (Phi) is 9.93. The van der Waals surface area contributed by atoms with Crippen LogP contribution in [-0.4, -0.2) is 68.9 Å². The van der Waals surface area contributed by atoms with E-state index >= 15 is 0 Å². The SMILES string of the molecule is CCCCNc1nc2c(SCc3ccccc3)ncnc2n1[C@@H]1O[C@H](COC(C)=O)[C@@H](OC(C)=O)[C@H]1OC(C)=O. The van der Waals surface area contributed by atoms with Gasteiger partial charge in [-0.1, -0.05) is 55.4 Å². The van der Waals surface area contributed by atoms with E-state index in [1.807, 2.05) is 30.3 Å². The lowest BCUT2D eigenvalue weighted by Crippen LogP contribution is -2.40. The van der Waals surface area contributed by atoms with Crippen LogP contribution in [0.1, 0.15) is 52.3 Å². The number of ether oxygens (including phenoxy) is 4. The molecule has 1 aliphatic heterocycles. The first-order valence-electron chi connectivity index (χ1n) is 13.0. The standard InChI is InChI=1S/C27H33N5O7S/c1-5-6-12-28-27-31-21-24(29-15-30-25(21)40-14-19-10-8-7-9-11-19)32(27)26-23(38-18(4)35)22(37-17(3)34)20(39-26)13-36-16(2)33/h7-11,15,20,22-23,26H,5-6,12-14H2,1-4H3,(H,28,31)/t20-,22-,23-,26-/m1/s1. The van der Waals surface area contributed by atoms with Crippen LogP contribution in [0.5, 0.6) is 0 Å². The predicted octanol–water partition coefficient (Wildman–Crippen LogP) is 3.65. The van der Waals surface area contributed by atoms with E-state index in [1.165, 1.54) is 38.9 Å². The Labute approximate surface area is 236 Å². The van der Waals surface area contributed by atoms with Gasteiger partial charge in [0.1, 0.15) is 29.6 Å². The number of fused-ring (bicyclic) bond motifs is 1. The number of carbonyl (C=O) groups is 3. The first-order chi connectivity index (χ1) is 19.3. The largest absolute Gasteiger partial charge is 0.463 e. The Bertz CT molecular complexity index is 1340. The van der Waals surface area contributed by atoms with Crippen molar-refractivity contribution in [1.82, 2.24) is 19.5 Å². The molecule has 0 spiro atoms. The molecule has 1 N–H and O–H groups in total. The Morgan fingerprint density at radius 3 is 2.42 bits per heavy atom. The molecule has 13 heteroatoms. The number of benzene rings is 1. The van der Waals surface area contributed by atoms with Crippen molar-refractivity contribution in [2.24, 2.45) is 0 Å². The van der Waals surface area contributed by atoms with Gasteiger partial charge < -0.3 is 24.3 Å². The highest BCUT2D eigenvalue weighted by Crippen LogP contribution is 2.39. The molecule has 0 radical (unpaired) electrons. The van der Waals surface area contributed by atoms with E-state index in [4.69, 9.17) is 23.9 Å². The lowest BCUT2D eigenvalue weighted by atomic mass is 10.1. The molecule has 4 atom stereocenters. The highest BCUT2D eigenvalue weighted by molar-refractivity contribution is 7.98. The van der Waals surface area contributed by atoms with Gasteiger partial charge in [-0.25, -0.2) is 15.0 Å². The maximum absolute atomic E-state index is 12.2. The van der Waals surface area contributed by atoms with Crippen LogP contribution in [0, 0.1) is 0 Å². The number of aromatic nitrogens is 4. The topological polar surface area (TPSA) is 144 Å². The zero-order valence-electron chi connectivity index (χ0n) is 22.9. The van der Waals surface area contributed by atoms with E-state index < -0.39 is 42.4 Å². The van der Waals surface area contributed by atoms with Gasteiger partial charge in [0.15, 0.2) is 24.1 Å². The molecule has 4 rings (SSSR count). The summed E-state index contributed by atoms with van der Waals surface area (Å²) in [6.45, 7) is 6.26. The maximum Gasteiger partial charge on any atom is 0.303 e. The van der Waals surface area contributed by atoms with Gasteiger partial charge in [-0.2, -0.15) is 0 Å². The highest BCUT2D eigenvalue weighted by Gasteiger charge is 2.51. The number of rotatable bonds is 12. The molecule has 0 aliphatic carbocycles. The van der Waals surface area contributed by atoms with Gasteiger partial charge in [-0.15, -0.1) is 0 Å². The number of imidazole rings is 1. The summed E-state index contributed by atoms with van der Waals surface area (Å²) in [4.78, 5) is 49.6. The third-order valence-corrected chi connectivity index (χ3v) is 7.12. The number of unbranched alkanes of at least 4 members (excludes halogenated alkanes) is 1. The van der Waals surface area contributed by atoms with Crippen LogP contribution in [0.3, 0.4) is 0 Å². The van der Waals surface area contributed by atoms with Gasteiger partial charge in [0.25, 0.3) is 0 Å². The van der Waals surface area contributed by atoms with Crippen molar-refractivity contribution >= 4 is 46.8 Å². The summed E-state index contributed by atoms with van der Waals surface area (Å²) in [7, 11) is 0. The zero-order valence-corrected chi connectivity index (χ0v) is 23.7. The molecule has 40 heavy (non-hydrogen) atoms. The summed E-state index contributed by atoms with van der Waals surface area (Å²) >= 11 is 1.52. The molecule has 1 aromatic carbocycles. The predicted molar refractivity (Wildman–Crippen MR) is 146 cm³/mol. The quantitative estimate of drug-likeness (QED) is 0.111. The number of anilines is 1. The van der Waals surface area contributed by atoms with Gasteiger partial charge >= 0.3 is 17.9 Å². The minimum absolute atomic E-state index is 0.208. The number of nitrogens with one attached hydrogen (secondary N) is 1. The Morgan fingerprint density at radius 2 is 1.75 bits per heavy atom. The summed E-state index contributed by atoms with van der Waals surface area (Å²) in [5, 5.41) is 4.01. The van der Waals surface area contributed by atoms with Gasteiger partial charge in [-0.3, -0.25) is 19.0 Å². The normalized spacial score (nSPS) is 20.3. The minimum atomic E-state index is -1.07. The molecular formula is C27H33N5O7S. The van der Waals surface area contributed by atoms with Crippen molar-refractivity contribution in [2.45, 2.75) is 75.9 Å². The van der Waals surface area contributed by atoms with E-state index in [9.17, 15) is 14.4 Å². The Hall–Kier alpha value is -3.71. The number of nitrogens with zero attached hydrogens (tertiary/aromatic N) is 4. The molecule has 3 aromatic rings. The van der Waals surface area contributed by atoms with Crippen LogP contribution >= 0.6 is 11.8 Å². The smallest absolute Gasteiger partial charge is 0.303 e. The maximum atomic E-state index is 12.2. The second-order valence-electron chi connectivity index (χ2n) is 9.23. The second-order valence-corrected chi connectivity index (χ2v) is 10.2. The van der Waals surface area contributed by atoms with E-state index in [2.05, 4.69) is 22.2 Å². The highest BCUT2D eigenvalue weighted by atomic mass is 32.2. The van der Waals surface area contributed by atoms with Gasteiger partial charge in [-0.05, 0) is 12.0 Å². The molecule has 0 amide bonds. The summed E-state index contributed by atoms with van der Waals surface area (Å²) in [5.74, 6) is -0.615. The summed E-state index contributed by atoms with van der Waals surface area (Å²) in [6, 6.07) is 10.0. The van der Waals surface area contributed by atoms with Crippen LogP contribution in [0.15, 0.2) is 41.7 Å². The van der Waals surface area contributed by atoms with Crippen molar-refractivity contribution < 1.29 is 33.3 Å². The lowest BCUT2D eigenvalue weighted by molar-refractivity contribution is -0.166. The zero-order chi connectivity index (χ0) is 28.6. The molecular weight excluding hydrogens is 538 g/mol. The lowest BCUT2D eigenvalue weighted by Gasteiger charge is -2.24. The van der Waals surface area contributed by atoms with Crippen molar-refractivity contribution in [3.05, 3.63) is 42.2 Å². The number of hydrogen-bond acceptors (Lipinski definition) is 12. The van der Waals surface area contributed by atoms with Gasteiger partial charge in [0, 0.05) is 33.1 Å². The van der Waals surface area contributed by atoms with Gasteiger partial charge in [0.2, 0.25) is 5.95 Å². The van der Waals surface area contributed by atoms with Crippen LogP contribution < -0.4 is 5.32 Å². The van der Waals surface area contributed by atoms with Crippen molar-refractivity contribution in [3.63, 3.8) is 0 Å². The van der Waals surface area contributed by atoms with Crippen LogP contribution in [0.2, 0.25) is 0 Å². The first-order valence-corrected chi connectivity index (χ1v) is 14.0. The fraction of sp³-hybridized carbons (Fsp3) is 0.481. The number of carbonyl (C=O) groups excluding carboxylic acids is 3. The Morgan fingerprint density at radius 1 is 1.02 bits per heavy atom. The Balaban J connectivity index is 1.77. The molecule has 12 nitrogen and oxygen atoms in total. The van der Waals surface area contributed by atoms with Crippen molar-refractivity contribution in [3.8, 4) is 0 Å². The number of esters is 3. The third-order valence-electron chi connectivity index (χ3n) is 6.07. The molecule has 1 aliphatic rings. The third kappa shape index (κ3) is 7.07. The molecule has 2 aromatic heterocycles. The molecule has 1 saturated heterocycles. The molecule has 3 heterocycles. The summed E-state index contributed by atoms with van der Waals surface area (Å²) in [5.41, 5.74) is 2.12. The van der Waals surface area contributed by atoms with Crippen molar-refractivity contribution in [1.29, 1.82) is 0 Å². The summed E-state index contributed by atoms with van der Waals surface area (Å²) in [6.07, 6.45) is -0.725. The first kappa shape index (κ1) is 29.3. The molecule has 0 saturated carbocycles. The van der Waals surface area contributed by atoms with Crippen LogP contribution in [0.4, 0.5) is 5.95 Å². The average molecular weight is 572 g/mol. The van der Waals surface area contributed by atoms with E-state index in [0.29, 0.717) is 34.4 Å². The molecule has 1 fully saturated rings. The average Bonchev–Trinajstić information content (AvgIpc) is 3.44. The van der Waals surface area contributed by atoms with Crippen LogP contribution in [-0.2, 0) is 39.1 Å². The van der Waals surface area contributed by atoms with Crippen molar-refractivity contribution in [2.75, 3.05) is 18.5 Å². The van der Waals surface area contributed by atoms with E-state index in [1.54, 1.807) is 4.57 Å². The fourth-order valence-corrected chi connectivity index (χ4v) is 5.25. The van der Waals surface area contributed by atoms with Crippen LogP contribution in [0.25, 0.3) is 11.2 Å². The molecule has 214 valence electrons. The van der Waals surface area contributed by atoms with E-state index in [-0.39, 0.29) is 6.61 Å². The molecule has 0 unspecified atom stereocenters. The number of thioether (sulfide) groups is 1. The fourth-order valence-electron chi connectivity index (χ4n) is 4.36. The molecule has 0 bridgehead atoms. The van der Waals surface area contributed by atoms with E-state index in [0.717, 1.165) is 18.4 Å². The second kappa shape index (κ2) is 13.6. The summed E-state index contributed by atoms with van der Waals surface area (Å²) < 4.78 is 24.4. The van der Waals surface area contributed by atoms with Gasteiger partial charge in [0.05, 0.1) is 0 Å². The monoisotopic (exact) mass is 571 g/mol. The minimum Gasteiger partial charge on any atom is -0.463 e.